The number of pyridine rings is 1. The van der Waals surface area contributed by atoms with Crippen molar-refractivity contribution in [3.8, 4) is 0 Å². The lowest BCUT2D eigenvalue weighted by molar-refractivity contribution is 0.108. The minimum Gasteiger partial charge on any atom is -0.395 e. The van der Waals surface area contributed by atoms with Gasteiger partial charge in [-0.3, -0.25) is 9.80 Å². The molecule has 5 heteroatoms. The molecule has 1 aromatic rings. The minimum atomic E-state index is 0.251. The number of aliphatic hydroxyl groups excluding tert-OH is 1. The molecule has 94 valence electrons. The highest BCUT2D eigenvalue weighted by molar-refractivity contribution is 5.31. The van der Waals surface area contributed by atoms with E-state index in [1.165, 1.54) is 5.56 Å². The number of anilines is 1. The molecule has 17 heavy (non-hydrogen) atoms. The van der Waals surface area contributed by atoms with Gasteiger partial charge in [0.2, 0.25) is 0 Å². The molecule has 2 rings (SSSR count). The summed E-state index contributed by atoms with van der Waals surface area (Å²) >= 11 is 0. The molecule has 1 saturated heterocycles. The summed E-state index contributed by atoms with van der Waals surface area (Å²) in [6.45, 7) is 6.11. The first-order chi connectivity index (χ1) is 8.28. The van der Waals surface area contributed by atoms with Crippen LogP contribution in [-0.4, -0.2) is 59.2 Å². The predicted molar refractivity (Wildman–Crippen MR) is 67.5 cm³/mol. The highest BCUT2D eigenvalue weighted by Gasteiger charge is 2.16. The highest BCUT2D eigenvalue weighted by atomic mass is 16.3. The predicted octanol–water partition coefficient (Wildman–Crippen LogP) is -0.226. The molecule has 0 atom stereocenters. The van der Waals surface area contributed by atoms with E-state index in [1.807, 2.05) is 12.1 Å². The van der Waals surface area contributed by atoms with Gasteiger partial charge in [-0.05, 0) is 17.7 Å². The van der Waals surface area contributed by atoms with Gasteiger partial charge in [-0.15, -0.1) is 0 Å². The van der Waals surface area contributed by atoms with E-state index in [-0.39, 0.29) is 6.61 Å². The average molecular weight is 236 g/mol. The van der Waals surface area contributed by atoms with Crippen LogP contribution >= 0.6 is 0 Å². The molecule has 1 fully saturated rings. The number of nitrogens with zero attached hydrogens (tertiary/aromatic N) is 3. The molecule has 0 saturated carbocycles. The van der Waals surface area contributed by atoms with Crippen LogP contribution in [0, 0.1) is 0 Å². The van der Waals surface area contributed by atoms with Gasteiger partial charge in [-0.25, -0.2) is 4.98 Å². The van der Waals surface area contributed by atoms with Crippen LogP contribution in [0.1, 0.15) is 5.56 Å². The summed E-state index contributed by atoms with van der Waals surface area (Å²) in [6, 6.07) is 3.94. The van der Waals surface area contributed by atoms with Gasteiger partial charge in [0.25, 0.3) is 0 Å². The van der Waals surface area contributed by atoms with Crippen LogP contribution in [0.2, 0.25) is 0 Å². The van der Waals surface area contributed by atoms with Gasteiger partial charge in [0, 0.05) is 45.5 Å². The van der Waals surface area contributed by atoms with Crippen molar-refractivity contribution in [2.45, 2.75) is 6.54 Å². The van der Waals surface area contributed by atoms with E-state index >= 15 is 0 Å². The summed E-state index contributed by atoms with van der Waals surface area (Å²) in [5.74, 6) is 0.585. The summed E-state index contributed by atoms with van der Waals surface area (Å²) in [5, 5.41) is 8.87. The van der Waals surface area contributed by atoms with Gasteiger partial charge in [0.05, 0.1) is 6.61 Å². The van der Waals surface area contributed by atoms with E-state index in [0.717, 1.165) is 39.3 Å². The third kappa shape index (κ3) is 3.66. The molecule has 0 amide bonds. The Morgan fingerprint density at radius 2 is 1.94 bits per heavy atom. The second-order valence-corrected chi connectivity index (χ2v) is 4.43. The van der Waals surface area contributed by atoms with Crippen molar-refractivity contribution in [3.05, 3.63) is 23.9 Å². The monoisotopic (exact) mass is 236 g/mol. The van der Waals surface area contributed by atoms with Gasteiger partial charge >= 0.3 is 0 Å². The molecule has 0 spiro atoms. The van der Waals surface area contributed by atoms with Crippen LogP contribution in [0.4, 0.5) is 5.82 Å². The molecule has 0 radical (unpaired) electrons. The van der Waals surface area contributed by atoms with E-state index in [4.69, 9.17) is 10.8 Å². The fourth-order valence-electron chi connectivity index (χ4n) is 2.16. The number of aromatic nitrogens is 1. The van der Waals surface area contributed by atoms with E-state index in [1.54, 1.807) is 6.20 Å². The molecule has 1 aromatic heterocycles. The molecule has 1 aliphatic heterocycles. The smallest absolute Gasteiger partial charge is 0.123 e. The van der Waals surface area contributed by atoms with Crippen LogP contribution < -0.4 is 5.73 Å². The highest BCUT2D eigenvalue weighted by Crippen LogP contribution is 2.09. The third-order valence-corrected chi connectivity index (χ3v) is 3.13. The van der Waals surface area contributed by atoms with Crippen LogP contribution in [0.15, 0.2) is 18.3 Å². The van der Waals surface area contributed by atoms with Crippen LogP contribution in [0.5, 0.6) is 0 Å². The number of hydrogen-bond donors (Lipinski definition) is 2. The van der Waals surface area contributed by atoms with Crippen molar-refractivity contribution in [3.63, 3.8) is 0 Å². The lowest BCUT2D eigenvalue weighted by Gasteiger charge is -2.34. The zero-order valence-corrected chi connectivity index (χ0v) is 10.0. The van der Waals surface area contributed by atoms with E-state index in [9.17, 15) is 0 Å². The van der Waals surface area contributed by atoms with Crippen molar-refractivity contribution >= 4 is 5.82 Å². The number of piperazine rings is 1. The van der Waals surface area contributed by atoms with Crippen LogP contribution in [0.3, 0.4) is 0 Å². The van der Waals surface area contributed by atoms with Gasteiger partial charge in [0.15, 0.2) is 0 Å². The molecule has 2 heterocycles. The molecule has 1 aliphatic rings. The van der Waals surface area contributed by atoms with Gasteiger partial charge in [-0.2, -0.15) is 0 Å². The molecular weight excluding hydrogens is 216 g/mol. The third-order valence-electron chi connectivity index (χ3n) is 3.13. The Morgan fingerprint density at radius 1 is 1.24 bits per heavy atom. The summed E-state index contributed by atoms with van der Waals surface area (Å²) in [5.41, 5.74) is 6.88. The SMILES string of the molecule is Nc1cc(CN2CCN(CCO)CC2)ccn1. The molecule has 0 unspecified atom stereocenters. The van der Waals surface area contributed by atoms with Crippen LogP contribution in [-0.2, 0) is 6.54 Å². The molecule has 0 bridgehead atoms. The van der Waals surface area contributed by atoms with Crippen molar-refractivity contribution in [2.24, 2.45) is 0 Å². The fraction of sp³-hybridized carbons (Fsp3) is 0.583. The summed E-state index contributed by atoms with van der Waals surface area (Å²) in [7, 11) is 0. The lowest BCUT2D eigenvalue weighted by Crippen LogP contribution is -2.46. The molecule has 0 aliphatic carbocycles. The Hall–Kier alpha value is -1.17. The van der Waals surface area contributed by atoms with Gasteiger partial charge < -0.3 is 10.8 Å². The Balaban J connectivity index is 1.82. The maximum absolute atomic E-state index is 8.87. The lowest BCUT2D eigenvalue weighted by atomic mass is 10.2. The summed E-state index contributed by atoms with van der Waals surface area (Å²) in [6.07, 6.45) is 1.76. The second kappa shape index (κ2) is 5.95. The molecule has 0 aromatic carbocycles. The number of aliphatic hydroxyl groups is 1. The zero-order chi connectivity index (χ0) is 12.1. The second-order valence-electron chi connectivity index (χ2n) is 4.43. The van der Waals surface area contributed by atoms with Crippen molar-refractivity contribution < 1.29 is 5.11 Å². The normalized spacial score (nSPS) is 18.4. The fourth-order valence-corrected chi connectivity index (χ4v) is 2.16. The molecule has 3 N–H and O–H groups in total. The zero-order valence-electron chi connectivity index (χ0n) is 10.0. The number of rotatable bonds is 4. The Morgan fingerprint density at radius 3 is 2.59 bits per heavy atom. The standard InChI is InChI=1S/C12H20N4O/c13-12-9-11(1-2-14-12)10-16-5-3-15(4-6-16)7-8-17/h1-2,9,17H,3-8,10H2,(H2,13,14). The number of hydrogen-bond acceptors (Lipinski definition) is 5. The maximum Gasteiger partial charge on any atom is 0.123 e. The van der Waals surface area contributed by atoms with E-state index < -0.39 is 0 Å². The van der Waals surface area contributed by atoms with Crippen molar-refractivity contribution in [1.29, 1.82) is 0 Å². The first-order valence-electron chi connectivity index (χ1n) is 6.04. The van der Waals surface area contributed by atoms with E-state index in [2.05, 4.69) is 14.8 Å². The first-order valence-corrected chi connectivity index (χ1v) is 6.04. The molecule has 5 nitrogen and oxygen atoms in total. The summed E-state index contributed by atoms with van der Waals surface area (Å²) < 4.78 is 0. The van der Waals surface area contributed by atoms with Crippen molar-refractivity contribution in [1.82, 2.24) is 14.8 Å². The van der Waals surface area contributed by atoms with Gasteiger partial charge in [-0.1, -0.05) is 0 Å². The van der Waals surface area contributed by atoms with Gasteiger partial charge in [0.1, 0.15) is 5.82 Å². The topological polar surface area (TPSA) is 65.6 Å². The average Bonchev–Trinajstić information content (AvgIpc) is 2.32. The van der Waals surface area contributed by atoms with E-state index in [0.29, 0.717) is 5.82 Å². The maximum atomic E-state index is 8.87. The Labute approximate surface area is 102 Å². The number of β-amino-alcohol motifs (C(OH)–C–C–N with tert-alkyl or cyclic N) is 1. The Bertz CT molecular complexity index is 350. The number of nitrogens with two attached hydrogens (primary N) is 1. The summed E-state index contributed by atoms with van der Waals surface area (Å²) in [4.78, 5) is 8.69. The Kier molecular flexibility index (Phi) is 4.30. The number of nitrogen functional groups attached to an aromatic ring is 1. The van der Waals surface area contributed by atoms with Crippen LogP contribution in [0.25, 0.3) is 0 Å². The minimum absolute atomic E-state index is 0.251. The quantitative estimate of drug-likeness (QED) is 0.756. The first kappa shape index (κ1) is 12.3. The largest absolute Gasteiger partial charge is 0.395 e. The van der Waals surface area contributed by atoms with Crippen molar-refractivity contribution in [2.75, 3.05) is 45.1 Å². The molecular formula is C12H20N4O.